The highest BCUT2D eigenvalue weighted by atomic mass is 32.2. The van der Waals surface area contributed by atoms with Crippen molar-refractivity contribution in [1.29, 1.82) is 0 Å². The van der Waals surface area contributed by atoms with Crippen LogP contribution in [0, 0.1) is 10.1 Å². The number of nitrogens with zero attached hydrogens (tertiary/aromatic N) is 4. The third kappa shape index (κ3) is 5.19. The van der Waals surface area contributed by atoms with Crippen LogP contribution in [0.3, 0.4) is 0 Å². The highest BCUT2D eigenvalue weighted by Gasteiger charge is 2.20. The fraction of sp³-hybridized carbons (Fsp3) is 0.250. The third-order valence-electron chi connectivity index (χ3n) is 4.59. The van der Waals surface area contributed by atoms with E-state index in [9.17, 15) is 14.9 Å². The Kier molecular flexibility index (Phi) is 6.43. The maximum absolute atomic E-state index is 12.3. The second-order valence-corrected chi connectivity index (χ2v) is 7.56. The Morgan fingerprint density at radius 3 is 2.61 bits per heavy atom. The summed E-state index contributed by atoms with van der Waals surface area (Å²) in [5.41, 5.74) is 1.88. The molecule has 0 aliphatic carbocycles. The first-order valence-corrected chi connectivity index (χ1v) is 10.5. The number of hydrogen-bond acceptors (Lipinski definition) is 9. The zero-order valence-electron chi connectivity index (χ0n) is 16.4. The fourth-order valence-corrected chi connectivity index (χ4v) is 3.66. The lowest BCUT2D eigenvalue weighted by Gasteiger charge is -2.28. The number of ether oxygens (including phenoxy) is 1. The second-order valence-electron chi connectivity index (χ2n) is 6.63. The van der Waals surface area contributed by atoms with Gasteiger partial charge in [-0.15, -0.1) is 10.2 Å². The molecule has 1 fully saturated rings. The molecule has 10 nitrogen and oxygen atoms in total. The van der Waals surface area contributed by atoms with Crippen LogP contribution in [0.4, 0.5) is 17.1 Å². The van der Waals surface area contributed by atoms with Gasteiger partial charge in [0.05, 0.1) is 23.9 Å². The number of para-hydroxylation sites is 1. The largest absolute Gasteiger partial charge is 0.411 e. The average molecular weight is 441 g/mol. The molecular weight excluding hydrogens is 422 g/mol. The standard InChI is InChI=1S/C20H19N5O5S/c26-18(21-14-5-7-15(8-6-14)24-9-11-29-12-10-24)13-31-20-23-22-19(30-20)16-3-1-2-4-17(16)25(27)28/h1-8H,9-13H2,(H,21,26). The van der Waals surface area contributed by atoms with Crippen LogP contribution < -0.4 is 10.2 Å². The zero-order valence-corrected chi connectivity index (χ0v) is 17.2. The van der Waals surface area contributed by atoms with Crippen LogP contribution in [0.1, 0.15) is 0 Å². The van der Waals surface area contributed by atoms with Crippen LogP contribution in [0.2, 0.25) is 0 Å². The number of rotatable bonds is 7. The summed E-state index contributed by atoms with van der Waals surface area (Å²) in [6, 6.07) is 13.7. The van der Waals surface area contributed by atoms with Crippen molar-refractivity contribution in [1.82, 2.24) is 10.2 Å². The Bertz CT molecular complexity index is 1070. The number of carbonyl (C=O) groups is 1. The van der Waals surface area contributed by atoms with E-state index in [4.69, 9.17) is 9.15 Å². The predicted octanol–water partition coefficient (Wildman–Crippen LogP) is 3.21. The number of amides is 1. The average Bonchev–Trinajstić information content (AvgIpc) is 3.28. The highest BCUT2D eigenvalue weighted by molar-refractivity contribution is 7.99. The number of anilines is 2. The molecule has 11 heteroatoms. The van der Waals surface area contributed by atoms with Gasteiger partial charge in [-0.05, 0) is 30.3 Å². The Morgan fingerprint density at radius 2 is 1.87 bits per heavy atom. The number of nitro benzene ring substituents is 1. The number of benzene rings is 2. The minimum Gasteiger partial charge on any atom is -0.411 e. The fourth-order valence-electron chi connectivity index (χ4n) is 3.09. The molecule has 2 aromatic carbocycles. The molecule has 31 heavy (non-hydrogen) atoms. The van der Waals surface area contributed by atoms with E-state index in [1.807, 2.05) is 24.3 Å². The van der Waals surface area contributed by atoms with Gasteiger partial charge < -0.3 is 19.4 Å². The Balaban J connectivity index is 1.32. The summed E-state index contributed by atoms with van der Waals surface area (Å²) in [4.78, 5) is 25.1. The molecular formula is C20H19N5O5S. The Morgan fingerprint density at radius 1 is 1.13 bits per heavy atom. The van der Waals surface area contributed by atoms with E-state index in [-0.39, 0.29) is 34.0 Å². The number of nitrogens with one attached hydrogen (secondary N) is 1. The predicted molar refractivity (Wildman–Crippen MR) is 115 cm³/mol. The smallest absolute Gasteiger partial charge is 0.282 e. The van der Waals surface area contributed by atoms with Crippen molar-refractivity contribution in [2.75, 3.05) is 42.3 Å². The molecule has 1 aliphatic heterocycles. The van der Waals surface area contributed by atoms with Crippen LogP contribution in [-0.4, -0.2) is 53.1 Å². The Hall–Kier alpha value is -3.44. The van der Waals surface area contributed by atoms with Crippen molar-refractivity contribution in [2.45, 2.75) is 5.22 Å². The summed E-state index contributed by atoms with van der Waals surface area (Å²) in [5.74, 6) is -0.132. The lowest BCUT2D eigenvalue weighted by atomic mass is 10.2. The van der Waals surface area contributed by atoms with E-state index in [0.717, 1.165) is 30.5 Å². The number of morpholine rings is 1. The topological polar surface area (TPSA) is 124 Å². The van der Waals surface area contributed by atoms with Crippen LogP contribution in [-0.2, 0) is 9.53 Å². The minimum atomic E-state index is -0.510. The molecule has 1 saturated heterocycles. The van der Waals surface area contributed by atoms with E-state index in [0.29, 0.717) is 18.9 Å². The van der Waals surface area contributed by atoms with Crippen molar-refractivity contribution < 1.29 is 18.9 Å². The van der Waals surface area contributed by atoms with Crippen LogP contribution in [0.5, 0.6) is 0 Å². The quantitative estimate of drug-likeness (QED) is 0.334. The molecule has 0 radical (unpaired) electrons. The summed E-state index contributed by atoms with van der Waals surface area (Å²) < 4.78 is 10.8. The molecule has 0 spiro atoms. The molecule has 1 aliphatic rings. The minimum absolute atomic E-state index is 0.0360. The molecule has 0 bridgehead atoms. The third-order valence-corrected chi connectivity index (χ3v) is 5.41. The normalized spacial score (nSPS) is 13.7. The maximum atomic E-state index is 12.3. The molecule has 0 atom stereocenters. The zero-order chi connectivity index (χ0) is 21.6. The Labute approximate surface area is 181 Å². The first-order chi connectivity index (χ1) is 15.1. The van der Waals surface area contributed by atoms with Gasteiger partial charge in [0.1, 0.15) is 5.56 Å². The van der Waals surface area contributed by atoms with Crippen molar-refractivity contribution in [3.63, 3.8) is 0 Å². The van der Waals surface area contributed by atoms with Crippen molar-refractivity contribution >= 4 is 34.7 Å². The van der Waals surface area contributed by atoms with Crippen LogP contribution in [0.25, 0.3) is 11.5 Å². The van der Waals surface area contributed by atoms with Gasteiger partial charge in [-0.25, -0.2) is 0 Å². The van der Waals surface area contributed by atoms with Gasteiger partial charge in [-0.3, -0.25) is 14.9 Å². The number of thioether (sulfide) groups is 1. The number of aromatic nitrogens is 2. The highest BCUT2D eigenvalue weighted by Crippen LogP contribution is 2.30. The molecule has 4 rings (SSSR count). The van der Waals surface area contributed by atoms with Gasteiger partial charge in [0.15, 0.2) is 0 Å². The number of nitro groups is 1. The second kappa shape index (κ2) is 9.58. The van der Waals surface area contributed by atoms with E-state index in [1.54, 1.807) is 12.1 Å². The lowest BCUT2D eigenvalue weighted by molar-refractivity contribution is -0.384. The SMILES string of the molecule is O=C(CSc1nnc(-c2ccccc2[N+](=O)[O-])o1)Nc1ccc(N2CCOCC2)cc1. The first kappa shape index (κ1) is 20.8. The van der Waals surface area contributed by atoms with E-state index < -0.39 is 4.92 Å². The monoisotopic (exact) mass is 441 g/mol. The van der Waals surface area contributed by atoms with Gasteiger partial charge in [-0.2, -0.15) is 0 Å². The summed E-state index contributed by atoms with van der Waals surface area (Å²) in [5, 5.41) is 21.9. The molecule has 1 aromatic heterocycles. The molecule has 0 saturated carbocycles. The summed E-state index contributed by atoms with van der Waals surface area (Å²) >= 11 is 1.06. The number of hydrogen-bond donors (Lipinski definition) is 1. The molecule has 0 unspecified atom stereocenters. The van der Waals surface area contributed by atoms with Gasteiger partial charge in [0.25, 0.3) is 16.8 Å². The van der Waals surface area contributed by atoms with Gasteiger partial charge in [0.2, 0.25) is 5.91 Å². The van der Waals surface area contributed by atoms with E-state index >= 15 is 0 Å². The summed E-state index contributed by atoms with van der Waals surface area (Å²) in [6.07, 6.45) is 0. The van der Waals surface area contributed by atoms with Gasteiger partial charge in [0, 0.05) is 30.5 Å². The molecule has 3 aromatic rings. The van der Waals surface area contributed by atoms with Crippen molar-refractivity contribution in [2.24, 2.45) is 0 Å². The van der Waals surface area contributed by atoms with Crippen LogP contribution >= 0.6 is 11.8 Å². The van der Waals surface area contributed by atoms with Gasteiger partial charge >= 0.3 is 0 Å². The van der Waals surface area contributed by atoms with Gasteiger partial charge in [-0.1, -0.05) is 23.9 Å². The summed E-state index contributed by atoms with van der Waals surface area (Å²) in [6.45, 7) is 3.12. The van der Waals surface area contributed by atoms with Crippen LogP contribution in [0.15, 0.2) is 58.2 Å². The number of carbonyl (C=O) groups excluding carboxylic acids is 1. The van der Waals surface area contributed by atoms with E-state index in [1.165, 1.54) is 12.1 Å². The lowest BCUT2D eigenvalue weighted by Crippen LogP contribution is -2.36. The van der Waals surface area contributed by atoms with E-state index in [2.05, 4.69) is 20.4 Å². The van der Waals surface area contributed by atoms with Crippen molar-refractivity contribution in [3.8, 4) is 11.5 Å². The molecule has 1 N–H and O–H groups in total. The van der Waals surface area contributed by atoms with Crippen molar-refractivity contribution in [3.05, 3.63) is 58.6 Å². The molecule has 160 valence electrons. The maximum Gasteiger partial charge on any atom is 0.282 e. The molecule has 2 heterocycles. The molecule has 1 amide bonds. The first-order valence-electron chi connectivity index (χ1n) is 9.53. The summed E-state index contributed by atoms with van der Waals surface area (Å²) in [7, 11) is 0.